The molecule has 22 heavy (non-hydrogen) atoms. The molecule has 0 saturated heterocycles. The van der Waals surface area contributed by atoms with Gasteiger partial charge in [0.25, 0.3) is 5.91 Å². The average Bonchev–Trinajstić information content (AvgIpc) is 2.97. The first-order chi connectivity index (χ1) is 10.7. The summed E-state index contributed by atoms with van der Waals surface area (Å²) in [6.45, 7) is 0.165. The summed E-state index contributed by atoms with van der Waals surface area (Å²) in [6, 6.07) is 16.2. The van der Waals surface area contributed by atoms with Gasteiger partial charge in [0.2, 0.25) is 0 Å². The quantitative estimate of drug-likeness (QED) is 0.807. The standard InChI is InChI=1S/C17H14N2O3/c18-16(20)14-8-4-7-13-9-10-19(15(13)14)17(21)22-11-12-5-2-1-3-6-12/h1-10H,11H2,(H2,18,20). The Morgan fingerprint density at radius 2 is 1.77 bits per heavy atom. The van der Waals surface area contributed by atoms with Crippen molar-refractivity contribution >= 4 is 22.9 Å². The SMILES string of the molecule is NC(=O)c1cccc2ccn(C(=O)OCc3ccccc3)c12. The van der Waals surface area contributed by atoms with Crippen molar-refractivity contribution in [2.45, 2.75) is 6.61 Å². The third-order valence-corrected chi connectivity index (χ3v) is 3.38. The van der Waals surface area contributed by atoms with Gasteiger partial charge in [0.1, 0.15) is 6.61 Å². The Hall–Kier alpha value is -3.08. The van der Waals surface area contributed by atoms with E-state index in [1.807, 2.05) is 36.4 Å². The van der Waals surface area contributed by atoms with E-state index in [-0.39, 0.29) is 6.61 Å². The molecule has 0 atom stereocenters. The first-order valence-electron chi connectivity index (χ1n) is 6.78. The van der Waals surface area contributed by atoms with Crippen LogP contribution >= 0.6 is 0 Å². The predicted molar refractivity (Wildman–Crippen MR) is 82.5 cm³/mol. The van der Waals surface area contributed by atoms with Gasteiger partial charge in [0, 0.05) is 11.6 Å². The van der Waals surface area contributed by atoms with Gasteiger partial charge < -0.3 is 10.5 Å². The van der Waals surface area contributed by atoms with Crippen LogP contribution in [-0.4, -0.2) is 16.6 Å². The Kier molecular flexibility index (Phi) is 3.62. The molecule has 0 saturated carbocycles. The molecule has 0 aliphatic carbocycles. The fourth-order valence-electron chi connectivity index (χ4n) is 2.33. The smallest absolute Gasteiger partial charge is 0.418 e. The highest BCUT2D eigenvalue weighted by atomic mass is 16.5. The maximum absolute atomic E-state index is 12.3. The van der Waals surface area contributed by atoms with Crippen molar-refractivity contribution < 1.29 is 14.3 Å². The van der Waals surface area contributed by atoms with Crippen LogP contribution < -0.4 is 5.73 Å². The highest BCUT2D eigenvalue weighted by molar-refractivity contribution is 6.07. The van der Waals surface area contributed by atoms with Gasteiger partial charge in [-0.3, -0.25) is 9.36 Å². The molecule has 1 aromatic heterocycles. The number of hydrogen-bond donors (Lipinski definition) is 1. The third-order valence-electron chi connectivity index (χ3n) is 3.38. The number of ether oxygens (including phenoxy) is 1. The summed E-state index contributed by atoms with van der Waals surface area (Å²) in [5.41, 5.74) is 7.02. The Balaban J connectivity index is 1.90. The Bertz CT molecular complexity index is 837. The molecular formula is C17H14N2O3. The molecular weight excluding hydrogens is 280 g/mol. The molecule has 3 rings (SSSR count). The number of aromatic nitrogens is 1. The van der Waals surface area contributed by atoms with E-state index in [2.05, 4.69) is 0 Å². The van der Waals surface area contributed by atoms with Crippen LogP contribution in [0, 0.1) is 0 Å². The fraction of sp³-hybridized carbons (Fsp3) is 0.0588. The largest absolute Gasteiger partial charge is 0.444 e. The van der Waals surface area contributed by atoms with Crippen LogP contribution in [-0.2, 0) is 11.3 Å². The molecule has 2 N–H and O–H groups in total. The van der Waals surface area contributed by atoms with Crippen molar-refractivity contribution in [3.63, 3.8) is 0 Å². The second kappa shape index (κ2) is 5.73. The van der Waals surface area contributed by atoms with Gasteiger partial charge >= 0.3 is 6.09 Å². The average molecular weight is 294 g/mol. The number of carbonyl (C=O) groups is 2. The topological polar surface area (TPSA) is 74.3 Å². The molecule has 0 unspecified atom stereocenters. The summed E-state index contributed by atoms with van der Waals surface area (Å²) < 4.78 is 6.59. The van der Waals surface area contributed by atoms with Crippen molar-refractivity contribution in [2.24, 2.45) is 5.73 Å². The van der Waals surface area contributed by atoms with Gasteiger partial charge in [0.15, 0.2) is 0 Å². The monoisotopic (exact) mass is 294 g/mol. The maximum atomic E-state index is 12.3. The molecule has 2 aromatic carbocycles. The fourth-order valence-corrected chi connectivity index (χ4v) is 2.33. The number of nitrogens with zero attached hydrogens (tertiary/aromatic N) is 1. The second-order valence-electron chi connectivity index (χ2n) is 4.83. The summed E-state index contributed by atoms with van der Waals surface area (Å²) in [5.74, 6) is -0.582. The minimum absolute atomic E-state index is 0.165. The Morgan fingerprint density at radius 3 is 2.50 bits per heavy atom. The zero-order chi connectivity index (χ0) is 15.5. The molecule has 0 spiro atoms. The van der Waals surface area contributed by atoms with Crippen LogP contribution in [0.15, 0.2) is 60.8 Å². The van der Waals surface area contributed by atoms with Crippen molar-refractivity contribution in [1.29, 1.82) is 0 Å². The van der Waals surface area contributed by atoms with Gasteiger partial charge in [0.05, 0.1) is 11.1 Å². The van der Waals surface area contributed by atoms with Crippen molar-refractivity contribution in [1.82, 2.24) is 4.57 Å². The molecule has 1 amide bonds. The van der Waals surface area contributed by atoms with Crippen LogP contribution in [0.25, 0.3) is 10.9 Å². The van der Waals surface area contributed by atoms with E-state index in [9.17, 15) is 9.59 Å². The molecule has 0 fully saturated rings. The van der Waals surface area contributed by atoms with Crippen LogP contribution in [0.5, 0.6) is 0 Å². The van der Waals surface area contributed by atoms with Gasteiger partial charge in [-0.05, 0) is 17.7 Å². The molecule has 0 radical (unpaired) electrons. The number of primary amides is 1. The molecule has 0 aliphatic heterocycles. The lowest BCUT2D eigenvalue weighted by Gasteiger charge is -2.08. The number of rotatable bonds is 3. The van der Waals surface area contributed by atoms with Crippen molar-refractivity contribution in [3.8, 4) is 0 Å². The van der Waals surface area contributed by atoms with Gasteiger partial charge in [-0.25, -0.2) is 4.79 Å². The van der Waals surface area contributed by atoms with E-state index in [0.717, 1.165) is 10.9 Å². The highest BCUT2D eigenvalue weighted by Gasteiger charge is 2.15. The number of amides is 1. The first kappa shape index (κ1) is 13.9. The highest BCUT2D eigenvalue weighted by Crippen LogP contribution is 2.20. The lowest BCUT2D eigenvalue weighted by Crippen LogP contribution is -2.17. The number of carbonyl (C=O) groups excluding carboxylic acids is 2. The lowest BCUT2D eigenvalue weighted by molar-refractivity contribution is 0.100. The van der Waals surface area contributed by atoms with E-state index < -0.39 is 12.0 Å². The minimum atomic E-state index is -0.582. The Labute approximate surface area is 126 Å². The molecule has 0 aliphatic rings. The number of nitrogens with two attached hydrogens (primary N) is 1. The van der Waals surface area contributed by atoms with E-state index >= 15 is 0 Å². The maximum Gasteiger partial charge on any atom is 0.418 e. The van der Waals surface area contributed by atoms with E-state index in [0.29, 0.717) is 11.1 Å². The number of hydrogen-bond acceptors (Lipinski definition) is 3. The third kappa shape index (κ3) is 2.56. The molecule has 5 heteroatoms. The Morgan fingerprint density at radius 1 is 1.00 bits per heavy atom. The summed E-state index contributed by atoms with van der Waals surface area (Å²) in [4.78, 5) is 23.8. The van der Waals surface area contributed by atoms with Crippen molar-refractivity contribution in [3.05, 3.63) is 71.9 Å². The molecule has 110 valence electrons. The molecule has 3 aromatic rings. The predicted octanol–water partition coefficient (Wildman–Crippen LogP) is 2.93. The van der Waals surface area contributed by atoms with E-state index in [1.54, 1.807) is 24.4 Å². The minimum Gasteiger partial charge on any atom is -0.444 e. The summed E-state index contributed by atoms with van der Waals surface area (Å²) in [5, 5.41) is 0.757. The molecule has 5 nitrogen and oxygen atoms in total. The van der Waals surface area contributed by atoms with Crippen LogP contribution in [0.3, 0.4) is 0 Å². The summed E-state index contributed by atoms with van der Waals surface area (Å²) in [6.07, 6.45) is 1.03. The van der Waals surface area contributed by atoms with Crippen LogP contribution in [0.2, 0.25) is 0 Å². The van der Waals surface area contributed by atoms with E-state index in [4.69, 9.17) is 10.5 Å². The van der Waals surface area contributed by atoms with E-state index in [1.165, 1.54) is 4.57 Å². The summed E-state index contributed by atoms with van der Waals surface area (Å²) >= 11 is 0. The number of benzene rings is 2. The van der Waals surface area contributed by atoms with Crippen LogP contribution in [0.4, 0.5) is 4.79 Å². The van der Waals surface area contributed by atoms with Crippen LogP contribution in [0.1, 0.15) is 15.9 Å². The number of fused-ring (bicyclic) bond motifs is 1. The molecule has 0 bridgehead atoms. The lowest BCUT2D eigenvalue weighted by atomic mass is 10.1. The van der Waals surface area contributed by atoms with Gasteiger partial charge in [-0.15, -0.1) is 0 Å². The normalized spacial score (nSPS) is 10.5. The van der Waals surface area contributed by atoms with Gasteiger partial charge in [-0.2, -0.15) is 0 Å². The molecule has 1 heterocycles. The second-order valence-corrected chi connectivity index (χ2v) is 4.83. The number of para-hydroxylation sites is 1. The van der Waals surface area contributed by atoms with Crippen molar-refractivity contribution in [2.75, 3.05) is 0 Å². The zero-order valence-electron chi connectivity index (χ0n) is 11.7. The first-order valence-corrected chi connectivity index (χ1v) is 6.78. The summed E-state index contributed by atoms with van der Waals surface area (Å²) in [7, 11) is 0. The zero-order valence-corrected chi connectivity index (χ0v) is 11.7. The van der Waals surface area contributed by atoms with Gasteiger partial charge in [-0.1, -0.05) is 42.5 Å².